The first-order valence-electron chi connectivity index (χ1n) is 5.43. The number of ether oxygens (including phenoxy) is 1. The Morgan fingerprint density at radius 1 is 1.50 bits per heavy atom. The van der Waals surface area contributed by atoms with Crippen LogP contribution in [0.1, 0.15) is 24.2 Å². The van der Waals surface area contributed by atoms with Crippen molar-refractivity contribution < 1.29 is 14.6 Å². The molecule has 0 radical (unpaired) electrons. The molecule has 96 valence electrons. The van der Waals surface area contributed by atoms with Gasteiger partial charge in [0.2, 0.25) is 0 Å². The van der Waals surface area contributed by atoms with Crippen molar-refractivity contribution in [2.75, 3.05) is 0 Å². The van der Waals surface area contributed by atoms with E-state index in [-0.39, 0.29) is 17.4 Å². The standard InChI is InChI=1S/C12H13NO4S/c1-6(2)17-12(16)8-9(14)7-4-5-18-11(7)13(3)10(8)15/h4-6,14H,1-3H3. The molecule has 0 aliphatic rings. The predicted molar refractivity (Wildman–Crippen MR) is 69.3 cm³/mol. The zero-order chi connectivity index (χ0) is 13.4. The van der Waals surface area contributed by atoms with E-state index in [1.54, 1.807) is 32.3 Å². The van der Waals surface area contributed by atoms with Gasteiger partial charge in [-0.15, -0.1) is 11.3 Å². The summed E-state index contributed by atoms with van der Waals surface area (Å²) in [5, 5.41) is 12.3. The molecular weight excluding hydrogens is 254 g/mol. The van der Waals surface area contributed by atoms with Gasteiger partial charge in [-0.2, -0.15) is 0 Å². The monoisotopic (exact) mass is 267 g/mol. The van der Waals surface area contributed by atoms with E-state index >= 15 is 0 Å². The molecule has 2 heterocycles. The Balaban J connectivity index is 2.71. The quantitative estimate of drug-likeness (QED) is 0.843. The van der Waals surface area contributed by atoms with Crippen molar-refractivity contribution in [2.24, 2.45) is 7.05 Å². The highest BCUT2D eigenvalue weighted by atomic mass is 32.1. The summed E-state index contributed by atoms with van der Waals surface area (Å²) in [5.74, 6) is -1.10. The van der Waals surface area contributed by atoms with Gasteiger partial charge in [0.25, 0.3) is 5.56 Å². The maximum Gasteiger partial charge on any atom is 0.347 e. The topological polar surface area (TPSA) is 68.5 Å². The molecule has 18 heavy (non-hydrogen) atoms. The number of thiophene rings is 1. The molecule has 0 saturated heterocycles. The summed E-state index contributed by atoms with van der Waals surface area (Å²) in [6.45, 7) is 3.37. The van der Waals surface area contributed by atoms with Gasteiger partial charge in [0.15, 0.2) is 5.56 Å². The number of esters is 1. The predicted octanol–water partition coefficient (Wildman–Crippen LogP) is 1.87. The maximum atomic E-state index is 12.0. The molecule has 0 amide bonds. The van der Waals surface area contributed by atoms with E-state index in [1.807, 2.05) is 0 Å². The molecule has 0 aliphatic heterocycles. The molecule has 0 saturated carbocycles. The number of rotatable bonds is 2. The normalized spacial score (nSPS) is 11.1. The summed E-state index contributed by atoms with van der Waals surface area (Å²) in [5.41, 5.74) is -0.856. The van der Waals surface area contributed by atoms with Crippen LogP contribution in [-0.2, 0) is 11.8 Å². The lowest BCUT2D eigenvalue weighted by Crippen LogP contribution is -2.26. The molecule has 2 rings (SSSR count). The molecule has 1 N–H and O–H groups in total. The van der Waals surface area contributed by atoms with E-state index in [9.17, 15) is 14.7 Å². The van der Waals surface area contributed by atoms with Crippen molar-refractivity contribution in [3.63, 3.8) is 0 Å². The van der Waals surface area contributed by atoms with Crippen LogP contribution in [0.2, 0.25) is 0 Å². The fourth-order valence-corrected chi connectivity index (χ4v) is 2.56. The van der Waals surface area contributed by atoms with Gasteiger partial charge in [-0.05, 0) is 25.3 Å². The smallest absolute Gasteiger partial charge is 0.347 e. The summed E-state index contributed by atoms with van der Waals surface area (Å²) < 4.78 is 6.31. The minimum absolute atomic E-state index is 0.306. The number of aromatic nitrogens is 1. The summed E-state index contributed by atoms with van der Waals surface area (Å²) in [4.78, 5) is 24.5. The van der Waals surface area contributed by atoms with Gasteiger partial charge in [0.05, 0.1) is 11.5 Å². The Kier molecular flexibility index (Phi) is 3.13. The van der Waals surface area contributed by atoms with Crippen molar-refractivity contribution in [1.82, 2.24) is 4.57 Å². The number of carbonyl (C=O) groups excluding carboxylic acids is 1. The molecule has 0 fully saturated rings. The van der Waals surface area contributed by atoms with Gasteiger partial charge in [-0.25, -0.2) is 4.79 Å². The average molecular weight is 267 g/mol. The van der Waals surface area contributed by atoms with Crippen LogP contribution in [0.5, 0.6) is 5.75 Å². The van der Waals surface area contributed by atoms with Crippen LogP contribution in [0, 0.1) is 0 Å². The first-order valence-corrected chi connectivity index (χ1v) is 6.31. The van der Waals surface area contributed by atoms with Crippen molar-refractivity contribution in [2.45, 2.75) is 20.0 Å². The number of nitrogens with zero attached hydrogens (tertiary/aromatic N) is 1. The fraction of sp³-hybridized carbons (Fsp3) is 0.333. The lowest BCUT2D eigenvalue weighted by Gasteiger charge is -2.10. The van der Waals surface area contributed by atoms with Crippen LogP contribution in [0.3, 0.4) is 0 Å². The average Bonchev–Trinajstić information content (AvgIpc) is 2.74. The number of hydrogen-bond donors (Lipinski definition) is 1. The van der Waals surface area contributed by atoms with Gasteiger partial charge in [-0.3, -0.25) is 4.79 Å². The molecule has 0 aromatic carbocycles. The van der Waals surface area contributed by atoms with Crippen LogP contribution in [0.15, 0.2) is 16.2 Å². The third kappa shape index (κ3) is 1.88. The number of carbonyl (C=O) groups is 1. The first-order chi connectivity index (χ1) is 8.43. The summed E-state index contributed by atoms with van der Waals surface area (Å²) in [6, 6.07) is 1.67. The van der Waals surface area contributed by atoms with Gasteiger partial charge in [0.1, 0.15) is 10.6 Å². The fourth-order valence-electron chi connectivity index (χ4n) is 1.69. The number of aromatic hydroxyl groups is 1. The number of pyridine rings is 1. The SMILES string of the molecule is CC(C)OC(=O)c1c(O)c2ccsc2n(C)c1=O. The highest BCUT2D eigenvalue weighted by Gasteiger charge is 2.23. The molecule has 0 spiro atoms. The molecule has 0 bridgehead atoms. The lowest BCUT2D eigenvalue weighted by atomic mass is 10.2. The highest BCUT2D eigenvalue weighted by molar-refractivity contribution is 7.16. The van der Waals surface area contributed by atoms with E-state index in [1.165, 1.54) is 15.9 Å². The Bertz CT molecular complexity index is 669. The van der Waals surface area contributed by atoms with Crippen molar-refractivity contribution in [3.05, 3.63) is 27.4 Å². The molecule has 0 aliphatic carbocycles. The molecule has 0 atom stereocenters. The molecular formula is C12H13NO4S. The second kappa shape index (κ2) is 4.45. The Morgan fingerprint density at radius 3 is 2.78 bits per heavy atom. The van der Waals surface area contributed by atoms with Gasteiger partial charge in [0, 0.05) is 7.05 Å². The van der Waals surface area contributed by atoms with Gasteiger partial charge >= 0.3 is 5.97 Å². The van der Waals surface area contributed by atoms with E-state index in [2.05, 4.69) is 0 Å². The molecule has 6 heteroatoms. The van der Waals surface area contributed by atoms with Gasteiger partial charge in [-0.1, -0.05) is 0 Å². The number of hydrogen-bond acceptors (Lipinski definition) is 5. The third-order valence-electron chi connectivity index (χ3n) is 2.51. The van der Waals surface area contributed by atoms with Crippen molar-refractivity contribution in [1.29, 1.82) is 0 Å². The Labute approximate surface area is 107 Å². The summed E-state index contributed by atoms with van der Waals surface area (Å²) in [7, 11) is 1.56. The second-order valence-electron chi connectivity index (χ2n) is 4.18. The first kappa shape index (κ1) is 12.6. The van der Waals surface area contributed by atoms with Gasteiger partial charge < -0.3 is 14.4 Å². The largest absolute Gasteiger partial charge is 0.506 e. The number of aryl methyl sites for hydroxylation is 1. The van der Waals surface area contributed by atoms with E-state index < -0.39 is 11.5 Å². The summed E-state index contributed by atoms with van der Waals surface area (Å²) in [6.07, 6.45) is -0.347. The summed E-state index contributed by atoms with van der Waals surface area (Å²) >= 11 is 1.33. The molecule has 2 aromatic heterocycles. The van der Waals surface area contributed by atoms with Crippen LogP contribution in [-0.4, -0.2) is 21.7 Å². The van der Waals surface area contributed by atoms with E-state index in [0.29, 0.717) is 10.2 Å². The van der Waals surface area contributed by atoms with Crippen LogP contribution in [0.25, 0.3) is 10.2 Å². The highest BCUT2D eigenvalue weighted by Crippen LogP contribution is 2.30. The van der Waals surface area contributed by atoms with Crippen LogP contribution >= 0.6 is 11.3 Å². The molecule has 2 aromatic rings. The van der Waals surface area contributed by atoms with Crippen LogP contribution < -0.4 is 5.56 Å². The Hall–Kier alpha value is -1.82. The maximum absolute atomic E-state index is 12.0. The van der Waals surface area contributed by atoms with E-state index in [4.69, 9.17) is 4.74 Å². The van der Waals surface area contributed by atoms with Crippen molar-refractivity contribution in [3.8, 4) is 5.75 Å². The number of fused-ring (bicyclic) bond motifs is 1. The minimum atomic E-state index is -0.795. The van der Waals surface area contributed by atoms with Crippen molar-refractivity contribution >= 4 is 27.5 Å². The Morgan fingerprint density at radius 2 is 2.17 bits per heavy atom. The minimum Gasteiger partial charge on any atom is -0.506 e. The second-order valence-corrected chi connectivity index (χ2v) is 5.08. The molecule has 0 unspecified atom stereocenters. The molecule has 5 nitrogen and oxygen atoms in total. The zero-order valence-corrected chi connectivity index (χ0v) is 11.1. The third-order valence-corrected chi connectivity index (χ3v) is 3.50. The lowest BCUT2D eigenvalue weighted by molar-refractivity contribution is 0.0372. The van der Waals surface area contributed by atoms with Crippen LogP contribution in [0.4, 0.5) is 0 Å². The zero-order valence-electron chi connectivity index (χ0n) is 10.3. The van der Waals surface area contributed by atoms with E-state index in [0.717, 1.165) is 0 Å².